The Labute approximate surface area is 128 Å². The standard InChI is InChI=1S/C16H29N3O2/c1-6-13(7-2)19(10-11-20-5)15-9-8-14(17)16(18-15)21-12(3)4/h8-9,12-13H,6-7,10-11,17H2,1-5H3. The summed E-state index contributed by atoms with van der Waals surface area (Å²) in [4.78, 5) is 6.88. The van der Waals surface area contributed by atoms with Crippen LogP contribution in [0.1, 0.15) is 40.5 Å². The van der Waals surface area contributed by atoms with Crippen molar-refractivity contribution in [3.05, 3.63) is 12.1 Å². The zero-order chi connectivity index (χ0) is 15.8. The van der Waals surface area contributed by atoms with E-state index in [1.807, 2.05) is 26.0 Å². The Kier molecular flexibility index (Phi) is 7.29. The lowest BCUT2D eigenvalue weighted by molar-refractivity contribution is 0.202. The maximum atomic E-state index is 5.95. The molecule has 21 heavy (non-hydrogen) atoms. The van der Waals surface area contributed by atoms with Crippen LogP contribution >= 0.6 is 0 Å². The number of hydrogen-bond donors (Lipinski definition) is 1. The zero-order valence-corrected chi connectivity index (χ0v) is 13.9. The third-order valence-corrected chi connectivity index (χ3v) is 3.44. The smallest absolute Gasteiger partial charge is 0.239 e. The Morgan fingerprint density at radius 1 is 1.24 bits per heavy atom. The second-order valence-corrected chi connectivity index (χ2v) is 5.39. The summed E-state index contributed by atoms with van der Waals surface area (Å²) in [6.07, 6.45) is 2.18. The van der Waals surface area contributed by atoms with E-state index in [1.54, 1.807) is 7.11 Å². The summed E-state index contributed by atoms with van der Waals surface area (Å²) in [7, 11) is 1.72. The van der Waals surface area contributed by atoms with Gasteiger partial charge in [-0.1, -0.05) is 13.8 Å². The largest absolute Gasteiger partial charge is 0.473 e. The van der Waals surface area contributed by atoms with Gasteiger partial charge in [-0.15, -0.1) is 0 Å². The molecule has 1 aromatic rings. The SMILES string of the molecule is CCC(CC)N(CCOC)c1ccc(N)c(OC(C)C)n1. The predicted octanol–water partition coefficient (Wildman–Crippen LogP) is 3.09. The summed E-state index contributed by atoms with van der Waals surface area (Å²) in [5, 5.41) is 0. The zero-order valence-electron chi connectivity index (χ0n) is 13.9. The van der Waals surface area contributed by atoms with E-state index in [4.69, 9.17) is 15.2 Å². The Hall–Kier alpha value is -1.49. The number of nitrogen functional groups attached to an aromatic ring is 1. The number of rotatable bonds is 9. The van der Waals surface area contributed by atoms with Crippen molar-refractivity contribution < 1.29 is 9.47 Å². The number of anilines is 2. The van der Waals surface area contributed by atoms with Gasteiger partial charge in [0.25, 0.3) is 0 Å². The minimum Gasteiger partial charge on any atom is -0.473 e. The van der Waals surface area contributed by atoms with Gasteiger partial charge >= 0.3 is 0 Å². The van der Waals surface area contributed by atoms with Gasteiger partial charge in [-0.2, -0.15) is 4.98 Å². The van der Waals surface area contributed by atoms with Gasteiger partial charge in [-0.05, 0) is 38.8 Å². The molecule has 0 radical (unpaired) electrons. The van der Waals surface area contributed by atoms with E-state index in [2.05, 4.69) is 23.7 Å². The fourth-order valence-electron chi connectivity index (χ4n) is 2.32. The summed E-state index contributed by atoms with van der Waals surface area (Å²) in [6.45, 7) is 9.80. The number of hydrogen-bond acceptors (Lipinski definition) is 5. The molecule has 0 unspecified atom stereocenters. The second kappa shape index (κ2) is 8.72. The molecule has 1 heterocycles. The third kappa shape index (κ3) is 5.08. The van der Waals surface area contributed by atoms with Gasteiger partial charge in [0.15, 0.2) is 0 Å². The molecule has 0 amide bonds. The highest BCUT2D eigenvalue weighted by atomic mass is 16.5. The number of aromatic nitrogens is 1. The van der Waals surface area contributed by atoms with Crippen LogP contribution < -0.4 is 15.4 Å². The van der Waals surface area contributed by atoms with Crippen molar-refractivity contribution in [2.45, 2.75) is 52.7 Å². The molecule has 0 aliphatic heterocycles. The van der Waals surface area contributed by atoms with E-state index in [0.29, 0.717) is 24.2 Å². The van der Waals surface area contributed by atoms with Crippen LogP contribution in [0.4, 0.5) is 11.5 Å². The van der Waals surface area contributed by atoms with Crippen molar-refractivity contribution in [2.24, 2.45) is 0 Å². The molecule has 1 aromatic heterocycles. The average molecular weight is 295 g/mol. The molecule has 0 aromatic carbocycles. The second-order valence-electron chi connectivity index (χ2n) is 5.39. The summed E-state index contributed by atoms with van der Waals surface area (Å²) < 4.78 is 10.9. The van der Waals surface area contributed by atoms with Crippen molar-refractivity contribution in [1.82, 2.24) is 4.98 Å². The molecular formula is C16H29N3O2. The molecule has 1 rings (SSSR count). The first kappa shape index (κ1) is 17.6. The average Bonchev–Trinajstić information content (AvgIpc) is 2.45. The van der Waals surface area contributed by atoms with Gasteiger partial charge in [0.1, 0.15) is 5.82 Å². The number of nitrogens with zero attached hydrogens (tertiary/aromatic N) is 2. The maximum absolute atomic E-state index is 5.95. The molecule has 0 aliphatic carbocycles. The molecule has 0 bridgehead atoms. The molecule has 120 valence electrons. The van der Waals surface area contributed by atoms with E-state index in [1.165, 1.54) is 0 Å². The van der Waals surface area contributed by atoms with Crippen LogP contribution in [0, 0.1) is 0 Å². The lowest BCUT2D eigenvalue weighted by atomic mass is 10.1. The summed E-state index contributed by atoms with van der Waals surface area (Å²) in [6, 6.07) is 4.25. The summed E-state index contributed by atoms with van der Waals surface area (Å²) in [5.41, 5.74) is 6.52. The van der Waals surface area contributed by atoms with E-state index < -0.39 is 0 Å². The van der Waals surface area contributed by atoms with Crippen molar-refractivity contribution in [3.63, 3.8) is 0 Å². The number of pyridine rings is 1. The number of nitrogens with two attached hydrogens (primary N) is 1. The predicted molar refractivity (Wildman–Crippen MR) is 88.0 cm³/mol. The van der Waals surface area contributed by atoms with Gasteiger partial charge in [-0.3, -0.25) is 0 Å². The van der Waals surface area contributed by atoms with Crippen LogP contribution in [0.25, 0.3) is 0 Å². The van der Waals surface area contributed by atoms with E-state index in [0.717, 1.165) is 25.2 Å². The quantitative estimate of drug-likeness (QED) is 0.758. The lowest BCUT2D eigenvalue weighted by Gasteiger charge is -2.31. The molecule has 0 atom stereocenters. The molecule has 0 aliphatic rings. The maximum Gasteiger partial charge on any atom is 0.239 e. The molecular weight excluding hydrogens is 266 g/mol. The molecule has 5 heteroatoms. The number of ether oxygens (including phenoxy) is 2. The molecule has 0 spiro atoms. The molecule has 5 nitrogen and oxygen atoms in total. The van der Waals surface area contributed by atoms with Crippen LogP contribution in [0.3, 0.4) is 0 Å². The van der Waals surface area contributed by atoms with Gasteiger partial charge < -0.3 is 20.1 Å². The minimum atomic E-state index is 0.0515. The van der Waals surface area contributed by atoms with Gasteiger partial charge in [0.2, 0.25) is 5.88 Å². The van der Waals surface area contributed by atoms with Crippen LogP contribution in [-0.2, 0) is 4.74 Å². The Morgan fingerprint density at radius 3 is 2.43 bits per heavy atom. The Morgan fingerprint density at radius 2 is 1.90 bits per heavy atom. The van der Waals surface area contributed by atoms with Crippen molar-refractivity contribution in [2.75, 3.05) is 30.9 Å². The van der Waals surface area contributed by atoms with Crippen LogP contribution in [0.2, 0.25) is 0 Å². The summed E-state index contributed by atoms with van der Waals surface area (Å²) in [5.74, 6) is 1.40. The van der Waals surface area contributed by atoms with Crippen LogP contribution in [-0.4, -0.2) is 37.4 Å². The van der Waals surface area contributed by atoms with Gasteiger partial charge in [0, 0.05) is 19.7 Å². The van der Waals surface area contributed by atoms with Crippen molar-refractivity contribution in [3.8, 4) is 5.88 Å². The first-order valence-electron chi connectivity index (χ1n) is 7.72. The fourth-order valence-corrected chi connectivity index (χ4v) is 2.32. The monoisotopic (exact) mass is 295 g/mol. The Bertz CT molecular complexity index is 420. The van der Waals surface area contributed by atoms with Crippen molar-refractivity contribution >= 4 is 11.5 Å². The molecule has 2 N–H and O–H groups in total. The van der Waals surface area contributed by atoms with Gasteiger partial charge in [0.05, 0.1) is 18.4 Å². The topological polar surface area (TPSA) is 60.6 Å². The summed E-state index contributed by atoms with van der Waals surface area (Å²) >= 11 is 0. The Balaban J connectivity index is 3.05. The van der Waals surface area contributed by atoms with Gasteiger partial charge in [-0.25, -0.2) is 0 Å². The molecule has 0 saturated carbocycles. The molecule has 0 saturated heterocycles. The molecule has 0 fully saturated rings. The normalized spacial score (nSPS) is 11.2. The van der Waals surface area contributed by atoms with E-state index >= 15 is 0 Å². The van der Waals surface area contributed by atoms with E-state index in [9.17, 15) is 0 Å². The highest BCUT2D eigenvalue weighted by molar-refractivity contribution is 5.55. The lowest BCUT2D eigenvalue weighted by Crippen LogP contribution is -2.37. The highest BCUT2D eigenvalue weighted by Crippen LogP contribution is 2.26. The van der Waals surface area contributed by atoms with Crippen LogP contribution in [0.15, 0.2) is 12.1 Å². The first-order chi connectivity index (χ1) is 10.0. The first-order valence-corrected chi connectivity index (χ1v) is 7.72. The third-order valence-electron chi connectivity index (χ3n) is 3.44. The minimum absolute atomic E-state index is 0.0515. The highest BCUT2D eigenvalue weighted by Gasteiger charge is 2.18. The van der Waals surface area contributed by atoms with Crippen LogP contribution in [0.5, 0.6) is 5.88 Å². The number of methoxy groups -OCH3 is 1. The van der Waals surface area contributed by atoms with E-state index in [-0.39, 0.29) is 6.10 Å². The fraction of sp³-hybridized carbons (Fsp3) is 0.688. The van der Waals surface area contributed by atoms with Crippen molar-refractivity contribution in [1.29, 1.82) is 0 Å².